The summed E-state index contributed by atoms with van der Waals surface area (Å²) in [5.74, 6) is -1.38. The average Bonchev–Trinajstić information content (AvgIpc) is 2.91. The maximum absolute atomic E-state index is 11.2. The normalized spacial score (nSPS) is 10.5. The van der Waals surface area contributed by atoms with Gasteiger partial charge in [-0.25, -0.2) is 9.59 Å². The highest BCUT2D eigenvalue weighted by Gasteiger charge is 2.38. The molecule has 0 aliphatic heterocycles. The second-order valence-electron chi connectivity index (χ2n) is 7.46. The number of ether oxygens (including phenoxy) is 2. The maximum Gasteiger partial charge on any atom is 0.341 e. The summed E-state index contributed by atoms with van der Waals surface area (Å²) in [7, 11) is 0. The van der Waals surface area contributed by atoms with E-state index >= 15 is 0 Å². The molecule has 0 saturated carbocycles. The molecule has 0 spiro atoms. The van der Waals surface area contributed by atoms with Crippen LogP contribution in [0.4, 0.5) is 0 Å². The molecule has 2 N–H and O–H groups in total. The van der Waals surface area contributed by atoms with E-state index in [2.05, 4.69) is 0 Å². The van der Waals surface area contributed by atoms with Crippen LogP contribution in [0, 0.1) is 0 Å². The van der Waals surface area contributed by atoms with Gasteiger partial charge in [0.05, 0.1) is 0 Å². The van der Waals surface area contributed by atoms with Crippen LogP contribution in [0.25, 0.3) is 0 Å². The van der Waals surface area contributed by atoms with Crippen LogP contribution in [0.15, 0.2) is 121 Å². The van der Waals surface area contributed by atoms with E-state index in [1.54, 1.807) is 24.3 Å². The molecule has 35 heavy (non-hydrogen) atoms. The van der Waals surface area contributed by atoms with Crippen molar-refractivity contribution in [1.29, 1.82) is 0 Å². The molecular formula is C29H26O6. The van der Waals surface area contributed by atoms with Crippen LogP contribution in [0.1, 0.15) is 16.7 Å². The molecule has 0 fully saturated rings. The van der Waals surface area contributed by atoms with Crippen LogP contribution in [0.2, 0.25) is 0 Å². The maximum atomic E-state index is 11.2. The SMILES string of the molecule is O=C(O)COC(c1ccccc1)(c1ccccc1)c1ccccc1.O=C(O)COc1ccccc1. The topological polar surface area (TPSA) is 93.1 Å². The van der Waals surface area contributed by atoms with Crippen molar-refractivity contribution >= 4 is 11.9 Å². The lowest BCUT2D eigenvalue weighted by atomic mass is 9.80. The van der Waals surface area contributed by atoms with E-state index in [1.165, 1.54) is 0 Å². The highest BCUT2D eigenvalue weighted by Crippen LogP contribution is 2.40. The van der Waals surface area contributed by atoms with E-state index in [0.717, 1.165) is 16.7 Å². The first-order valence-electron chi connectivity index (χ1n) is 10.9. The fourth-order valence-electron chi connectivity index (χ4n) is 3.60. The molecule has 0 unspecified atom stereocenters. The van der Waals surface area contributed by atoms with Gasteiger partial charge in [-0.15, -0.1) is 0 Å². The number of hydrogen-bond donors (Lipinski definition) is 2. The summed E-state index contributed by atoms with van der Waals surface area (Å²) in [6.07, 6.45) is 0. The molecule has 0 atom stereocenters. The molecular weight excluding hydrogens is 444 g/mol. The Balaban J connectivity index is 0.000000261. The molecule has 0 saturated heterocycles. The molecule has 6 nitrogen and oxygen atoms in total. The largest absolute Gasteiger partial charge is 0.482 e. The predicted octanol–water partition coefficient (Wildman–Crippen LogP) is 5.23. The van der Waals surface area contributed by atoms with Gasteiger partial charge in [-0.1, -0.05) is 109 Å². The fraction of sp³-hybridized carbons (Fsp3) is 0.103. The number of carboxylic acid groups (broad SMARTS) is 2. The Morgan fingerprint density at radius 1 is 0.543 bits per heavy atom. The average molecular weight is 471 g/mol. The highest BCUT2D eigenvalue weighted by atomic mass is 16.5. The number of benzene rings is 4. The van der Waals surface area contributed by atoms with Crippen LogP contribution >= 0.6 is 0 Å². The first-order valence-corrected chi connectivity index (χ1v) is 10.9. The van der Waals surface area contributed by atoms with Crippen molar-refractivity contribution < 1.29 is 29.3 Å². The third-order valence-corrected chi connectivity index (χ3v) is 5.06. The number of carbonyl (C=O) groups is 2. The zero-order valence-corrected chi connectivity index (χ0v) is 19.0. The summed E-state index contributed by atoms with van der Waals surface area (Å²) in [5, 5.41) is 17.4. The van der Waals surface area contributed by atoms with E-state index < -0.39 is 24.1 Å². The van der Waals surface area contributed by atoms with Gasteiger partial charge in [0.25, 0.3) is 0 Å². The summed E-state index contributed by atoms with van der Waals surface area (Å²) in [4.78, 5) is 21.3. The molecule has 4 rings (SSSR count). The number of hydrogen-bond acceptors (Lipinski definition) is 4. The lowest BCUT2D eigenvalue weighted by molar-refractivity contribution is -0.146. The van der Waals surface area contributed by atoms with E-state index in [0.29, 0.717) is 5.75 Å². The fourth-order valence-corrected chi connectivity index (χ4v) is 3.60. The summed E-state index contributed by atoms with van der Waals surface area (Å²) < 4.78 is 10.9. The lowest BCUT2D eigenvalue weighted by Crippen LogP contribution is -2.34. The summed E-state index contributed by atoms with van der Waals surface area (Å²) >= 11 is 0. The van der Waals surface area contributed by atoms with Crippen molar-refractivity contribution in [2.45, 2.75) is 5.60 Å². The molecule has 0 aromatic heterocycles. The molecule has 0 aliphatic rings. The highest BCUT2D eigenvalue weighted by molar-refractivity contribution is 5.68. The Morgan fingerprint density at radius 2 is 0.886 bits per heavy atom. The summed E-state index contributed by atoms with van der Waals surface area (Å²) in [5.41, 5.74) is 1.71. The van der Waals surface area contributed by atoms with Gasteiger partial charge in [0, 0.05) is 0 Å². The molecule has 6 heteroatoms. The van der Waals surface area contributed by atoms with Gasteiger partial charge in [0.1, 0.15) is 18.0 Å². The van der Waals surface area contributed by atoms with Gasteiger partial charge in [-0.3, -0.25) is 0 Å². The molecule has 0 heterocycles. The van der Waals surface area contributed by atoms with Gasteiger partial charge in [-0.2, -0.15) is 0 Å². The predicted molar refractivity (Wildman–Crippen MR) is 132 cm³/mol. The molecule has 0 aliphatic carbocycles. The van der Waals surface area contributed by atoms with Gasteiger partial charge in [-0.05, 0) is 28.8 Å². The first kappa shape index (κ1) is 25.2. The van der Waals surface area contributed by atoms with Crippen LogP contribution in [-0.4, -0.2) is 35.4 Å². The Hall–Kier alpha value is -4.42. The van der Waals surface area contributed by atoms with E-state index in [4.69, 9.17) is 14.6 Å². The van der Waals surface area contributed by atoms with Crippen LogP contribution in [-0.2, 0) is 19.9 Å². The molecule has 0 amide bonds. The number of para-hydroxylation sites is 1. The van der Waals surface area contributed by atoms with Crippen LogP contribution < -0.4 is 4.74 Å². The van der Waals surface area contributed by atoms with Crippen LogP contribution in [0.3, 0.4) is 0 Å². The summed E-state index contributed by atoms with van der Waals surface area (Å²) in [6, 6.07) is 38.0. The number of carboxylic acids is 2. The number of aliphatic carboxylic acids is 2. The second kappa shape index (κ2) is 12.7. The monoisotopic (exact) mass is 470 g/mol. The minimum atomic E-state index is -0.998. The second-order valence-corrected chi connectivity index (χ2v) is 7.46. The molecule has 178 valence electrons. The van der Waals surface area contributed by atoms with Crippen molar-refractivity contribution in [3.8, 4) is 5.75 Å². The van der Waals surface area contributed by atoms with Gasteiger partial charge in [0.15, 0.2) is 6.61 Å². The quantitative estimate of drug-likeness (QED) is 0.326. The van der Waals surface area contributed by atoms with Crippen molar-refractivity contribution in [2.24, 2.45) is 0 Å². The molecule has 0 radical (unpaired) electrons. The Labute approximate surface area is 204 Å². The first-order chi connectivity index (χ1) is 17.0. The van der Waals surface area contributed by atoms with Crippen molar-refractivity contribution in [3.63, 3.8) is 0 Å². The number of rotatable bonds is 9. The molecule has 0 bridgehead atoms. The Kier molecular flexibility index (Phi) is 9.16. The van der Waals surface area contributed by atoms with E-state index in [9.17, 15) is 14.7 Å². The van der Waals surface area contributed by atoms with Crippen molar-refractivity contribution in [1.82, 2.24) is 0 Å². The zero-order valence-electron chi connectivity index (χ0n) is 19.0. The van der Waals surface area contributed by atoms with Crippen molar-refractivity contribution in [2.75, 3.05) is 13.2 Å². The summed E-state index contributed by atoms with van der Waals surface area (Å²) in [6.45, 7) is -0.678. The van der Waals surface area contributed by atoms with E-state index in [-0.39, 0.29) is 6.61 Å². The third-order valence-electron chi connectivity index (χ3n) is 5.06. The molecule has 4 aromatic rings. The van der Waals surface area contributed by atoms with Crippen LogP contribution in [0.5, 0.6) is 5.75 Å². The minimum absolute atomic E-state index is 0.288. The van der Waals surface area contributed by atoms with Crippen molar-refractivity contribution in [3.05, 3.63) is 138 Å². The van der Waals surface area contributed by atoms with Gasteiger partial charge < -0.3 is 19.7 Å². The Bertz CT molecular complexity index is 1080. The Morgan fingerprint density at radius 3 is 1.23 bits per heavy atom. The minimum Gasteiger partial charge on any atom is -0.482 e. The molecule has 4 aromatic carbocycles. The smallest absolute Gasteiger partial charge is 0.341 e. The van der Waals surface area contributed by atoms with Gasteiger partial charge >= 0.3 is 11.9 Å². The zero-order chi connectivity index (χ0) is 24.9. The van der Waals surface area contributed by atoms with Gasteiger partial charge in [0.2, 0.25) is 0 Å². The standard InChI is InChI=1S/C21H18O3.C8H8O3/c22-20(23)16-24-21(17-10-4-1-5-11-17,18-12-6-2-7-13-18)19-14-8-3-9-15-19;9-8(10)6-11-7-4-2-1-3-5-7/h1-15H,16H2,(H,22,23);1-5H,6H2,(H,9,10). The lowest BCUT2D eigenvalue weighted by Gasteiger charge is -2.35. The third kappa shape index (κ3) is 7.03. The van der Waals surface area contributed by atoms with E-state index in [1.807, 2.05) is 97.1 Å².